The van der Waals surface area contributed by atoms with E-state index >= 15 is 0 Å². The third-order valence-corrected chi connectivity index (χ3v) is 6.21. The van der Waals surface area contributed by atoms with Gasteiger partial charge < -0.3 is 0 Å². The van der Waals surface area contributed by atoms with Gasteiger partial charge in [0.15, 0.2) is 5.78 Å². The summed E-state index contributed by atoms with van der Waals surface area (Å²) in [6.07, 6.45) is 4.06. The fraction of sp³-hybridized carbons (Fsp3) is 0.115. The summed E-state index contributed by atoms with van der Waals surface area (Å²) in [6, 6.07) is 26.9. The van der Waals surface area contributed by atoms with Crippen LogP contribution in [0, 0.1) is 13.8 Å². The highest BCUT2D eigenvalue weighted by atomic mass is 32.2. The molecule has 0 spiro atoms. The van der Waals surface area contributed by atoms with Crippen molar-refractivity contribution in [3.05, 3.63) is 117 Å². The van der Waals surface area contributed by atoms with Crippen molar-refractivity contribution in [1.82, 2.24) is 0 Å². The molecule has 0 amide bonds. The predicted molar refractivity (Wildman–Crippen MR) is 120 cm³/mol. The second-order valence-corrected chi connectivity index (χ2v) is 8.31. The molecule has 0 aromatic heterocycles. The van der Waals surface area contributed by atoms with Crippen LogP contribution in [0.3, 0.4) is 0 Å². The molecule has 0 aliphatic carbocycles. The van der Waals surface area contributed by atoms with Crippen LogP contribution in [0.1, 0.15) is 33.1 Å². The number of benzene rings is 3. The van der Waals surface area contributed by atoms with Gasteiger partial charge in [-0.05, 0) is 42.7 Å². The molecule has 0 bridgehead atoms. The van der Waals surface area contributed by atoms with E-state index < -0.39 is 0 Å². The van der Waals surface area contributed by atoms with Crippen LogP contribution >= 0.6 is 11.8 Å². The lowest BCUT2D eigenvalue weighted by Crippen LogP contribution is -2.00. The number of hydrogen-bond donors (Lipinski definition) is 0. The number of Topliss-reactive ketones (excluding diaryl/α,β-unsaturated/α-hetero) is 1. The van der Waals surface area contributed by atoms with Gasteiger partial charge in [-0.3, -0.25) is 4.79 Å². The van der Waals surface area contributed by atoms with Crippen LogP contribution in [0.15, 0.2) is 89.3 Å². The molecule has 1 nitrogen and oxygen atoms in total. The molecule has 2 heteroatoms. The Bertz CT molecular complexity index is 1040. The van der Waals surface area contributed by atoms with E-state index in [1.807, 2.05) is 30.4 Å². The number of aryl methyl sites for hydroxylation is 2. The highest BCUT2D eigenvalue weighted by molar-refractivity contribution is 8.05. The number of hydrogen-bond acceptors (Lipinski definition) is 2. The van der Waals surface area contributed by atoms with Crippen LogP contribution in [0.5, 0.6) is 0 Å². The molecule has 1 heterocycles. The summed E-state index contributed by atoms with van der Waals surface area (Å²) in [5, 5.41) is 0.0201. The van der Waals surface area contributed by atoms with Gasteiger partial charge in [0, 0.05) is 5.57 Å². The van der Waals surface area contributed by atoms with Crippen LogP contribution in [0.2, 0.25) is 0 Å². The summed E-state index contributed by atoms with van der Waals surface area (Å²) >= 11 is 1.64. The second kappa shape index (κ2) is 8.04. The average Bonchev–Trinajstić information content (AvgIpc) is 3.02. The quantitative estimate of drug-likeness (QED) is 0.464. The van der Waals surface area contributed by atoms with Gasteiger partial charge in [0.2, 0.25) is 0 Å². The fourth-order valence-corrected chi connectivity index (χ4v) is 4.56. The molecule has 1 aliphatic heterocycles. The lowest BCUT2D eigenvalue weighted by molar-refractivity contribution is -0.111. The Morgan fingerprint density at radius 1 is 0.714 bits per heavy atom. The topological polar surface area (TPSA) is 17.1 Å². The van der Waals surface area contributed by atoms with Gasteiger partial charge in [-0.15, -0.1) is 11.8 Å². The van der Waals surface area contributed by atoms with E-state index in [2.05, 4.69) is 74.5 Å². The Hall–Kier alpha value is -2.84. The molecule has 3 aromatic carbocycles. The van der Waals surface area contributed by atoms with E-state index in [0.717, 1.165) is 27.2 Å². The van der Waals surface area contributed by atoms with Gasteiger partial charge in [-0.1, -0.05) is 90.0 Å². The average molecular weight is 383 g/mol. The van der Waals surface area contributed by atoms with E-state index in [9.17, 15) is 4.79 Å². The lowest BCUT2D eigenvalue weighted by atomic mass is 9.98. The molecular weight excluding hydrogens is 360 g/mol. The van der Waals surface area contributed by atoms with Crippen LogP contribution in [0.4, 0.5) is 0 Å². The van der Waals surface area contributed by atoms with Crippen molar-refractivity contribution in [3.63, 3.8) is 0 Å². The molecule has 0 saturated carbocycles. The first-order valence-electron chi connectivity index (χ1n) is 9.43. The van der Waals surface area contributed by atoms with Crippen LogP contribution in [-0.4, -0.2) is 5.78 Å². The van der Waals surface area contributed by atoms with Crippen molar-refractivity contribution >= 4 is 29.7 Å². The van der Waals surface area contributed by atoms with Gasteiger partial charge in [-0.25, -0.2) is 0 Å². The number of carbonyl (C=O) groups is 1. The van der Waals surface area contributed by atoms with E-state index in [-0.39, 0.29) is 11.0 Å². The minimum atomic E-state index is 0.0201. The summed E-state index contributed by atoms with van der Waals surface area (Å²) in [7, 11) is 0. The summed E-state index contributed by atoms with van der Waals surface area (Å²) < 4.78 is 0. The number of ketones is 1. The molecule has 0 radical (unpaired) electrons. The normalized spacial score (nSPS) is 19.5. The molecule has 1 atom stereocenters. The maximum atomic E-state index is 13.3. The molecule has 0 N–H and O–H groups in total. The predicted octanol–water partition coefficient (Wildman–Crippen LogP) is 6.79. The Kier molecular flexibility index (Phi) is 5.31. The standard InChI is InChI=1S/C26H22OS/c1-18-8-12-20(13-9-18)16-23-25(27)24(17-21-14-10-19(2)11-15-21)28-26(23)22-6-4-3-5-7-22/h3-17,26H,1-2H3/b23-16+,24-17+. The number of allylic oxidation sites excluding steroid dienone is 1. The zero-order chi connectivity index (χ0) is 19.5. The maximum Gasteiger partial charge on any atom is 0.196 e. The zero-order valence-electron chi connectivity index (χ0n) is 16.1. The molecular formula is C26H22OS. The molecule has 138 valence electrons. The van der Waals surface area contributed by atoms with Crippen LogP contribution in [0.25, 0.3) is 12.2 Å². The third kappa shape index (κ3) is 4.02. The maximum absolute atomic E-state index is 13.3. The highest BCUT2D eigenvalue weighted by Gasteiger charge is 2.34. The van der Waals surface area contributed by atoms with Crippen molar-refractivity contribution in [2.45, 2.75) is 19.1 Å². The minimum Gasteiger partial charge on any atom is -0.288 e. The Morgan fingerprint density at radius 2 is 1.25 bits per heavy atom. The van der Waals surface area contributed by atoms with Gasteiger partial charge in [0.25, 0.3) is 0 Å². The number of thioether (sulfide) groups is 1. The summed E-state index contributed by atoms with van der Waals surface area (Å²) in [5.74, 6) is 0.125. The van der Waals surface area contributed by atoms with E-state index in [1.54, 1.807) is 11.8 Å². The monoisotopic (exact) mass is 382 g/mol. The fourth-order valence-electron chi connectivity index (χ4n) is 3.28. The molecule has 1 aliphatic rings. The minimum absolute atomic E-state index is 0.0201. The van der Waals surface area contributed by atoms with E-state index in [0.29, 0.717) is 0 Å². The zero-order valence-corrected chi connectivity index (χ0v) is 16.9. The highest BCUT2D eigenvalue weighted by Crippen LogP contribution is 2.50. The third-order valence-electron chi connectivity index (χ3n) is 4.89. The van der Waals surface area contributed by atoms with Crippen molar-refractivity contribution in [2.75, 3.05) is 0 Å². The Balaban J connectivity index is 1.75. The second-order valence-electron chi connectivity index (χ2n) is 7.17. The molecule has 3 aromatic rings. The molecule has 1 saturated heterocycles. The first kappa shape index (κ1) is 18.5. The van der Waals surface area contributed by atoms with Gasteiger partial charge >= 0.3 is 0 Å². The lowest BCUT2D eigenvalue weighted by Gasteiger charge is -2.10. The van der Waals surface area contributed by atoms with Gasteiger partial charge in [-0.2, -0.15) is 0 Å². The van der Waals surface area contributed by atoms with Gasteiger partial charge in [0.05, 0.1) is 10.2 Å². The van der Waals surface area contributed by atoms with Crippen molar-refractivity contribution < 1.29 is 4.79 Å². The summed E-state index contributed by atoms with van der Waals surface area (Å²) in [4.78, 5) is 14.1. The van der Waals surface area contributed by atoms with E-state index in [4.69, 9.17) is 0 Å². The van der Waals surface area contributed by atoms with Crippen molar-refractivity contribution in [2.24, 2.45) is 0 Å². The van der Waals surface area contributed by atoms with Crippen LogP contribution in [-0.2, 0) is 4.79 Å². The first-order valence-corrected chi connectivity index (χ1v) is 10.3. The molecule has 1 unspecified atom stereocenters. The van der Waals surface area contributed by atoms with E-state index in [1.165, 1.54) is 11.1 Å². The largest absolute Gasteiger partial charge is 0.288 e. The summed E-state index contributed by atoms with van der Waals surface area (Å²) in [6.45, 7) is 4.14. The number of rotatable bonds is 3. The Morgan fingerprint density at radius 3 is 1.82 bits per heavy atom. The molecule has 1 fully saturated rings. The van der Waals surface area contributed by atoms with Crippen molar-refractivity contribution in [1.29, 1.82) is 0 Å². The van der Waals surface area contributed by atoms with Gasteiger partial charge in [0.1, 0.15) is 0 Å². The van der Waals surface area contributed by atoms with Crippen LogP contribution < -0.4 is 0 Å². The summed E-state index contributed by atoms with van der Waals surface area (Å²) in [5.41, 5.74) is 6.56. The first-order chi connectivity index (χ1) is 13.6. The number of carbonyl (C=O) groups excluding carboxylic acids is 1. The Labute approximate surface area is 170 Å². The smallest absolute Gasteiger partial charge is 0.196 e. The van der Waals surface area contributed by atoms with Crippen molar-refractivity contribution in [3.8, 4) is 0 Å². The molecule has 4 rings (SSSR count). The molecule has 28 heavy (non-hydrogen) atoms. The SMILES string of the molecule is Cc1ccc(/C=C2/SC(c3ccccc3)/C(=C/c3ccc(C)cc3)C2=O)cc1.